The summed E-state index contributed by atoms with van der Waals surface area (Å²) in [5, 5.41) is 9.89. The molecular formula is C17H28O3. The number of carboxylic acids is 1. The molecular weight excluding hydrogens is 252 g/mol. The van der Waals surface area contributed by atoms with E-state index in [2.05, 4.69) is 19.9 Å². The van der Waals surface area contributed by atoms with Gasteiger partial charge in [0.2, 0.25) is 0 Å². The topological polar surface area (TPSA) is 46.5 Å². The maximum absolute atomic E-state index is 12.0. The first-order valence-electron chi connectivity index (χ1n) is 7.43. The van der Waals surface area contributed by atoms with Gasteiger partial charge in [-0.2, -0.15) is 0 Å². The van der Waals surface area contributed by atoms with Crippen molar-refractivity contribution < 1.29 is 14.6 Å². The zero-order chi connectivity index (χ0) is 15.3. The Kier molecular flexibility index (Phi) is 6.00. The first-order chi connectivity index (χ1) is 9.33. The summed E-state index contributed by atoms with van der Waals surface area (Å²) in [6.45, 7) is 8.91. The predicted molar refractivity (Wildman–Crippen MR) is 81.6 cm³/mol. The highest BCUT2D eigenvalue weighted by molar-refractivity contribution is 5.79. The molecule has 1 rings (SSSR count). The largest absolute Gasteiger partial charge is 0.481 e. The Labute approximate surface area is 122 Å². The van der Waals surface area contributed by atoms with E-state index in [-0.39, 0.29) is 5.92 Å². The van der Waals surface area contributed by atoms with Crippen molar-refractivity contribution in [1.82, 2.24) is 0 Å². The van der Waals surface area contributed by atoms with Crippen molar-refractivity contribution in [2.75, 3.05) is 13.7 Å². The van der Waals surface area contributed by atoms with Gasteiger partial charge in [-0.25, -0.2) is 0 Å². The van der Waals surface area contributed by atoms with Crippen molar-refractivity contribution in [2.24, 2.45) is 17.3 Å². The highest BCUT2D eigenvalue weighted by Gasteiger charge is 2.45. The number of rotatable bonds is 7. The fraction of sp³-hybridized carbons (Fsp3) is 0.706. The molecule has 20 heavy (non-hydrogen) atoms. The summed E-state index contributed by atoms with van der Waals surface area (Å²) in [7, 11) is 1.67. The molecule has 0 saturated heterocycles. The van der Waals surface area contributed by atoms with Crippen LogP contribution in [0.4, 0.5) is 0 Å². The third-order valence-corrected chi connectivity index (χ3v) is 4.26. The first-order valence-corrected chi connectivity index (χ1v) is 7.43. The van der Waals surface area contributed by atoms with Crippen molar-refractivity contribution in [3.05, 3.63) is 23.3 Å². The molecule has 114 valence electrons. The van der Waals surface area contributed by atoms with E-state index in [0.29, 0.717) is 18.9 Å². The number of ether oxygens (including phenoxy) is 1. The number of hydrogen-bond donors (Lipinski definition) is 1. The van der Waals surface area contributed by atoms with Crippen molar-refractivity contribution >= 4 is 5.97 Å². The summed E-state index contributed by atoms with van der Waals surface area (Å²) in [6, 6.07) is 0. The number of carboxylic acid groups (broad SMARTS) is 1. The number of hydrogen-bond acceptors (Lipinski definition) is 2. The molecule has 0 radical (unpaired) electrons. The number of carbonyl (C=O) groups is 1. The molecule has 1 aliphatic rings. The molecule has 0 aromatic heterocycles. The second-order valence-electron chi connectivity index (χ2n) is 6.39. The summed E-state index contributed by atoms with van der Waals surface area (Å²) in [5.41, 5.74) is 1.45. The van der Waals surface area contributed by atoms with Gasteiger partial charge in [-0.3, -0.25) is 4.79 Å². The van der Waals surface area contributed by atoms with Gasteiger partial charge in [-0.1, -0.05) is 37.1 Å². The van der Waals surface area contributed by atoms with Crippen LogP contribution in [-0.2, 0) is 9.53 Å². The fourth-order valence-electron chi connectivity index (χ4n) is 3.23. The van der Waals surface area contributed by atoms with Crippen molar-refractivity contribution in [3.8, 4) is 0 Å². The van der Waals surface area contributed by atoms with E-state index in [1.54, 1.807) is 7.11 Å². The molecule has 0 aliphatic heterocycles. The van der Waals surface area contributed by atoms with Crippen molar-refractivity contribution in [1.29, 1.82) is 0 Å². The Morgan fingerprint density at radius 3 is 2.60 bits per heavy atom. The average molecular weight is 280 g/mol. The Hall–Kier alpha value is -1.09. The van der Waals surface area contributed by atoms with E-state index in [9.17, 15) is 9.90 Å². The van der Waals surface area contributed by atoms with Gasteiger partial charge in [0.15, 0.2) is 0 Å². The molecule has 3 heteroatoms. The smallest absolute Gasteiger partial charge is 0.314 e. The van der Waals surface area contributed by atoms with Gasteiger partial charge in [0.05, 0.1) is 5.41 Å². The second-order valence-corrected chi connectivity index (χ2v) is 6.39. The molecule has 0 saturated carbocycles. The van der Waals surface area contributed by atoms with Crippen LogP contribution in [-0.4, -0.2) is 24.8 Å². The fourth-order valence-corrected chi connectivity index (χ4v) is 3.23. The lowest BCUT2D eigenvalue weighted by Crippen LogP contribution is -2.40. The second kappa shape index (κ2) is 7.07. The Morgan fingerprint density at radius 2 is 2.10 bits per heavy atom. The van der Waals surface area contributed by atoms with Crippen LogP contribution in [0.3, 0.4) is 0 Å². The molecule has 2 atom stereocenters. The minimum Gasteiger partial charge on any atom is -0.481 e. The highest BCUT2D eigenvalue weighted by atomic mass is 16.5. The van der Waals surface area contributed by atoms with Crippen LogP contribution in [0.15, 0.2) is 23.3 Å². The third kappa shape index (κ3) is 3.72. The average Bonchev–Trinajstić information content (AvgIpc) is 2.34. The molecule has 3 nitrogen and oxygen atoms in total. The predicted octanol–water partition coefficient (Wildman–Crippen LogP) is 4.05. The van der Waals surface area contributed by atoms with Gasteiger partial charge in [0.1, 0.15) is 0 Å². The normalized spacial score (nSPS) is 26.4. The standard InChI is InChI=1S/C17H28O3/c1-12(2)6-8-17(16(18)19)11-13(3)10-14(4)15(17)7-9-20-5/h10-12,15H,6-9H2,1-5H3,(H,18,19). The molecule has 0 bridgehead atoms. The van der Waals surface area contributed by atoms with Crippen LogP contribution < -0.4 is 0 Å². The third-order valence-electron chi connectivity index (χ3n) is 4.26. The van der Waals surface area contributed by atoms with Gasteiger partial charge in [0.25, 0.3) is 0 Å². The van der Waals surface area contributed by atoms with Crippen LogP contribution in [0.2, 0.25) is 0 Å². The summed E-state index contributed by atoms with van der Waals surface area (Å²) in [4.78, 5) is 12.0. The molecule has 0 aromatic carbocycles. The lowest BCUT2D eigenvalue weighted by atomic mass is 9.64. The molecule has 0 aromatic rings. The van der Waals surface area contributed by atoms with E-state index in [0.717, 1.165) is 24.0 Å². The Morgan fingerprint density at radius 1 is 1.45 bits per heavy atom. The van der Waals surface area contributed by atoms with Gasteiger partial charge >= 0.3 is 5.97 Å². The van der Waals surface area contributed by atoms with Gasteiger partial charge in [-0.15, -0.1) is 0 Å². The minimum atomic E-state index is -0.772. The van der Waals surface area contributed by atoms with Crippen LogP contribution in [0.25, 0.3) is 0 Å². The lowest BCUT2D eigenvalue weighted by Gasteiger charge is -2.39. The Bertz CT molecular complexity index is 406. The summed E-state index contributed by atoms with van der Waals surface area (Å²) < 4.78 is 5.18. The van der Waals surface area contributed by atoms with Crippen LogP contribution in [0, 0.1) is 17.3 Å². The SMILES string of the molecule is COCCC1C(C)=CC(C)=CC1(CCC(C)C)C(=O)O. The zero-order valence-corrected chi connectivity index (χ0v) is 13.4. The maximum Gasteiger partial charge on any atom is 0.314 e. The number of aliphatic carboxylic acids is 1. The highest BCUT2D eigenvalue weighted by Crippen LogP contribution is 2.46. The van der Waals surface area contributed by atoms with Gasteiger partial charge in [-0.05, 0) is 39.0 Å². The maximum atomic E-state index is 12.0. The minimum absolute atomic E-state index is 0.0300. The van der Waals surface area contributed by atoms with Crippen molar-refractivity contribution in [2.45, 2.75) is 47.0 Å². The quantitative estimate of drug-likeness (QED) is 0.765. The first kappa shape index (κ1) is 17.0. The lowest BCUT2D eigenvalue weighted by molar-refractivity contribution is -0.149. The van der Waals surface area contributed by atoms with E-state index in [1.165, 1.54) is 0 Å². The van der Waals surface area contributed by atoms with E-state index >= 15 is 0 Å². The van der Waals surface area contributed by atoms with E-state index in [1.807, 2.05) is 19.9 Å². The van der Waals surface area contributed by atoms with Crippen LogP contribution >= 0.6 is 0 Å². The number of allylic oxidation sites excluding steroid dienone is 3. The molecule has 1 aliphatic carbocycles. The summed E-state index contributed by atoms with van der Waals surface area (Å²) in [5.74, 6) is -0.164. The number of methoxy groups -OCH3 is 1. The molecule has 0 amide bonds. The molecule has 2 unspecified atom stereocenters. The summed E-state index contributed by atoms with van der Waals surface area (Å²) in [6.07, 6.45) is 6.44. The monoisotopic (exact) mass is 280 g/mol. The summed E-state index contributed by atoms with van der Waals surface area (Å²) >= 11 is 0. The molecule has 0 fully saturated rings. The van der Waals surface area contributed by atoms with Crippen molar-refractivity contribution in [3.63, 3.8) is 0 Å². The molecule has 0 spiro atoms. The van der Waals surface area contributed by atoms with Gasteiger partial charge < -0.3 is 9.84 Å². The molecule has 0 heterocycles. The zero-order valence-electron chi connectivity index (χ0n) is 13.4. The van der Waals surface area contributed by atoms with Crippen LogP contribution in [0.5, 0.6) is 0 Å². The Balaban J connectivity index is 3.12. The van der Waals surface area contributed by atoms with E-state index in [4.69, 9.17) is 4.74 Å². The van der Waals surface area contributed by atoms with Gasteiger partial charge in [0, 0.05) is 19.6 Å². The molecule has 1 N–H and O–H groups in total. The van der Waals surface area contributed by atoms with E-state index < -0.39 is 11.4 Å². The van der Waals surface area contributed by atoms with Crippen LogP contribution in [0.1, 0.15) is 47.0 Å².